The van der Waals surface area contributed by atoms with Gasteiger partial charge in [-0.3, -0.25) is 19.7 Å². The first-order valence-corrected chi connectivity index (χ1v) is 11.7. The smallest absolute Gasteiger partial charge is 0.294 e. The van der Waals surface area contributed by atoms with E-state index in [2.05, 4.69) is 4.90 Å². The molecule has 0 aromatic heterocycles. The van der Waals surface area contributed by atoms with Crippen LogP contribution in [0.4, 0.5) is 22.7 Å². The van der Waals surface area contributed by atoms with Gasteiger partial charge in [-0.1, -0.05) is 30.5 Å². The van der Waals surface area contributed by atoms with E-state index in [4.69, 9.17) is 11.6 Å². The lowest BCUT2D eigenvalue weighted by Gasteiger charge is -2.37. The zero-order chi connectivity index (χ0) is 23.1. The van der Waals surface area contributed by atoms with E-state index in [9.17, 15) is 19.7 Å². The second-order valence-electron chi connectivity index (χ2n) is 8.89. The Morgan fingerprint density at radius 3 is 2.09 bits per heavy atom. The van der Waals surface area contributed by atoms with Crippen LogP contribution < -0.4 is 14.7 Å². The quantitative estimate of drug-likeness (QED) is 0.378. The summed E-state index contributed by atoms with van der Waals surface area (Å²) in [4.78, 5) is 42.7. The number of nitro benzene ring substituents is 1. The molecule has 0 bridgehead atoms. The number of anilines is 3. The summed E-state index contributed by atoms with van der Waals surface area (Å²) in [7, 11) is 0. The molecule has 3 fully saturated rings. The van der Waals surface area contributed by atoms with Crippen LogP contribution in [0.3, 0.4) is 0 Å². The number of carbonyl (C=O) groups is 2. The van der Waals surface area contributed by atoms with Gasteiger partial charge in [-0.15, -0.1) is 0 Å². The molecular formula is C24H25ClN4O4. The summed E-state index contributed by atoms with van der Waals surface area (Å²) in [6.07, 6.45) is 3.30. The van der Waals surface area contributed by atoms with Gasteiger partial charge in [0.2, 0.25) is 11.8 Å². The zero-order valence-corrected chi connectivity index (χ0v) is 18.9. The molecule has 0 unspecified atom stereocenters. The highest BCUT2D eigenvalue weighted by Crippen LogP contribution is 2.42. The molecule has 5 rings (SSSR count). The highest BCUT2D eigenvalue weighted by atomic mass is 35.5. The van der Waals surface area contributed by atoms with Gasteiger partial charge in [0.25, 0.3) is 5.69 Å². The van der Waals surface area contributed by atoms with Crippen molar-refractivity contribution in [3.8, 4) is 0 Å². The van der Waals surface area contributed by atoms with Crippen molar-refractivity contribution >= 4 is 46.2 Å². The normalized spacial score (nSPS) is 23.1. The van der Waals surface area contributed by atoms with Crippen molar-refractivity contribution in [2.75, 3.05) is 40.9 Å². The lowest BCUT2D eigenvalue weighted by atomic mass is 9.81. The second-order valence-corrected chi connectivity index (χ2v) is 9.33. The van der Waals surface area contributed by atoms with Gasteiger partial charge in [-0.05, 0) is 43.2 Å². The van der Waals surface area contributed by atoms with E-state index in [1.165, 1.54) is 11.0 Å². The Kier molecular flexibility index (Phi) is 5.70. The minimum Gasteiger partial charge on any atom is -0.368 e. The minimum absolute atomic E-state index is 0.0841. The Morgan fingerprint density at radius 1 is 0.848 bits per heavy atom. The maximum Gasteiger partial charge on any atom is 0.294 e. The molecule has 33 heavy (non-hydrogen) atoms. The van der Waals surface area contributed by atoms with Crippen molar-refractivity contribution in [1.29, 1.82) is 0 Å². The molecule has 2 aromatic carbocycles. The molecular weight excluding hydrogens is 444 g/mol. The summed E-state index contributed by atoms with van der Waals surface area (Å²) in [5, 5.41) is 12.6. The third-order valence-corrected chi connectivity index (χ3v) is 7.28. The van der Waals surface area contributed by atoms with Gasteiger partial charge in [0.15, 0.2) is 0 Å². The maximum absolute atomic E-state index is 12.9. The van der Waals surface area contributed by atoms with Gasteiger partial charge in [-0.2, -0.15) is 0 Å². The van der Waals surface area contributed by atoms with Crippen LogP contribution in [0.25, 0.3) is 0 Å². The number of rotatable bonds is 4. The highest BCUT2D eigenvalue weighted by molar-refractivity contribution is 6.30. The van der Waals surface area contributed by atoms with Crippen LogP contribution in [0, 0.1) is 22.0 Å². The molecule has 2 aliphatic heterocycles. The standard InChI is InChI=1S/C24H25ClN4O4/c25-16-4-3-5-17(14-16)26-10-12-27(13-11-26)21-9-8-18(15-22(21)29(32)33)28-23(30)19-6-1-2-7-20(19)24(28)31/h3-5,8-9,14-15,19-20H,1-2,6-7,10-13H2/t19-,20+. The molecule has 1 saturated carbocycles. The molecule has 2 amide bonds. The Bertz CT molecular complexity index is 1090. The number of hydrogen-bond donors (Lipinski definition) is 0. The first-order chi connectivity index (χ1) is 15.9. The maximum atomic E-state index is 12.9. The Hall–Kier alpha value is -3.13. The van der Waals surface area contributed by atoms with Crippen molar-refractivity contribution in [3.05, 3.63) is 57.6 Å². The predicted molar refractivity (Wildman–Crippen MR) is 127 cm³/mol. The summed E-state index contributed by atoms with van der Waals surface area (Å²) in [5.41, 5.74) is 1.75. The van der Waals surface area contributed by atoms with Crippen molar-refractivity contribution in [2.45, 2.75) is 25.7 Å². The van der Waals surface area contributed by atoms with Crippen LogP contribution in [0.15, 0.2) is 42.5 Å². The van der Waals surface area contributed by atoms with E-state index >= 15 is 0 Å². The van der Waals surface area contributed by atoms with E-state index in [1.807, 2.05) is 29.2 Å². The van der Waals surface area contributed by atoms with Crippen molar-refractivity contribution < 1.29 is 14.5 Å². The highest BCUT2D eigenvalue weighted by Gasteiger charge is 2.49. The monoisotopic (exact) mass is 468 g/mol. The van der Waals surface area contributed by atoms with E-state index in [0.717, 1.165) is 18.5 Å². The second kappa shape index (κ2) is 8.67. The molecule has 1 aliphatic carbocycles. The summed E-state index contributed by atoms with van der Waals surface area (Å²) < 4.78 is 0. The van der Waals surface area contributed by atoms with Crippen LogP contribution in [0.2, 0.25) is 5.02 Å². The number of benzene rings is 2. The molecule has 2 saturated heterocycles. The first-order valence-electron chi connectivity index (χ1n) is 11.4. The lowest BCUT2D eigenvalue weighted by molar-refractivity contribution is -0.384. The van der Waals surface area contributed by atoms with Gasteiger partial charge in [-0.25, -0.2) is 4.90 Å². The molecule has 9 heteroatoms. The third kappa shape index (κ3) is 3.93. The molecule has 2 atom stereocenters. The summed E-state index contributed by atoms with van der Waals surface area (Å²) in [6.45, 7) is 2.62. The van der Waals surface area contributed by atoms with E-state index in [1.54, 1.807) is 12.1 Å². The number of fused-ring (bicyclic) bond motifs is 1. The summed E-state index contributed by atoms with van der Waals surface area (Å²) >= 11 is 6.11. The molecule has 2 aromatic rings. The zero-order valence-electron chi connectivity index (χ0n) is 18.2. The topological polar surface area (TPSA) is 87.0 Å². The lowest BCUT2D eigenvalue weighted by Crippen LogP contribution is -2.46. The SMILES string of the molecule is O=C1[C@H]2CCCC[C@H]2C(=O)N1c1ccc(N2CCN(c3cccc(Cl)c3)CC2)c([N+](=O)[O-])c1. The van der Waals surface area contributed by atoms with Crippen LogP contribution in [-0.2, 0) is 9.59 Å². The molecule has 0 radical (unpaired) electrons. The molecule has 2 heterocycles. The van der Waals surface area contributed by atoms with Crippen LogP contribution in [0.1, 0.15) is 25.7 Å². The Balaban J connectivity index is 1.37. The number of piperazine rings is 1. The van der Waals surface area contributed by atoms with Gasteiger partial charge in [0.05, 0.1) is 22.4 Å². The van der Waals surface area contributed by atoms with Crippen molar-refractivity contribution in [1.82, 2.24) is 0 Å². The first kappa shape index (κ1) is 21.7. The third-order valence-electron chi connectivity index (χ3n) is 7.05. The number of nitro groups is 1. The summed E-state index contributed by atoms with van der Waals surface area (Å²) in [6, 6.07) is 12.4. The number of imide groups is 1. The molecule has 0 spiro atoms. The molecule has 172 valence electrons. The minimum atomic E-state index is -0.430. The fourth-order valence-corrected chi connectivity index (χ4v) is 5.54. The van der Waals surface area contributed by atoms with Gasteiger partial charge in [0.1, 0.15) is 5.69 Å². The number of amides is 2. The van der Waals surface area contributed by atoms with Crippen LogP contribution >= 0.6 is 11.6 Å². The fraction of sp³-hybridized carbons (Fsp3) is 0.417. The van der Waals surface area contributed by atoms with Crippen molar-refractivity contribution in [2.24, 2.45) is 11.8 Å². The van der Waals surface area contributed by atoms with Crippen LogP contribution in [-0.4, -0.2) is 42.9 Å². The number of halogens is 1. The number of hydrogen-bond acceptors (Lipinski definition) is 6. The van der Waals surface area contributed by atoms with Gasteiger partial charge >= 0.3 is 0 Å². The summed E-state index contributed by atoms with van der Waals surface area (Å²) in [5.74, 6) is -1.02. The van der Waals surface area contributed by atoms with Gasteiger partial charge < -0.3 is 9.80 Å². The molecule has 0 N–H and O–H groups in total. The molecule has 3 aliphatic rings. The fourth-order valence-electron chi connectivity index (χ4n) is 5.36. The average molecular weight is 469 g/mol. The largest absolute Gasteiger partial charge is 0.368 e. The van der Waals surface area contributed by atoms with Gasteiger partial charge in [0, 0.05) is 43.0 Å². The molecule has 8 nitrogen and oxygen atoms in total. The average Bonchev–Trinajstić information content (AvgIpc) is 3.09. The number of carbonyl (C=O) groups excluding carboxylic acids is 2. The number of nitrogens with zero attached hydrogens (tertiary/aromatic N) is 4. The van der Waals surface area contributed by atoms with Crippen LogP contribution in [0.5, 0.6) is 0 Å². The Labute approximate surface area is 196 Å². The van der Waals surface area contributed by atoms with E-state index in [0.29, 0.717) is 55.4 Å². The predicted octanol–water partition coefficient (Wildman–Crippen LogP) is 4.25. The van der Waals surface area contributed by atoms with E-state index in [-0.39, 0.29) is 29.3 Å². The van der Waals surface area contributed by atoms with E-state index < -0.39 is 4.92 Å². The Morgan fingerprint density at radius 2 is 1.48 bits per heavy atom. The van der Waals surface area contributed by atoms with Crippen molar-refractivity contribution in [3.63, 3.8) is 0 Å².